The van der Waals surface area contributed by atoms with Crippen LogP contribution >= 0.6 is 0 Å². The molecule has 0 aliphatic heterocycles. The van der Waals surface area contributed by atoms with E-state index < -0.39 is 58.7 Å². The lowest BCUT2D eigenvalue weighted by molar-refractivity contribution is -0.183. The van der Waals surface area contributed by atoms with Crippen molar-refractivity contribution in [3.05, 3.63) is 71.3 Å². The fraction of sp³-hybridized carbons (Fsp3) is 0.500. The summed E-state index contributed by atoms with van der Waals surface area (Å²) in [6.45, 7) is 9.85. The first kappa shape index (κ1) is 34.7. The molecule has 4 N–H and O–H groups in total. The number of carbonyl (C=O) groups excluding carboxylic acids is 4. The minimum Gasteiger partial charge on any atom is -0.448 e. The molecule has 230 valence electrons. The normalized spacial score (nSPS) is 14.8. The van der Waals surface area contributed by atoms with Gasteiger partial charge in [0.2, 0.25) is 0 Å². The van der Waals surface area contributed by atoms with Crippen molar-refractivity contribution < 1.29 is 37.4 Å². The molecule has 4 unspecified atom stereocenters. The van der Waals surface area contributed by atoms with Gasteiger partial charge in [0.1, 0.15) is 35.4 Å². The summed E-state index contributed by atoms with van der Waals surface area (Å²) in [6.07, 6.45) is -1.53. The molecule has 10 heteroatoms. The third-order valence-electron chi connectivity index (χ3n) is 7.65. The minimum atomic E-state index is -1.43. The van der Waals surface area contributed by atoms with Gasteiger partial charge in [-0.1, -0.05) is 38.1 Å². The molecule has 42 heavy (non-hydrogen) atoms. The van der Waals surface area contributed by atoms with Crippen LogP contribution in [0.2, 0.25) is 0 Å². The van der Waals surface area contributed by atoms with Crippen LogP contribution in [0.15, 0.2) is 48.5 Å². The molecule has 0 amide bonds. The highest BCUT2D eigenvalue weighted by Gasteiger charge is 2.44. The van der Waals surface area contributed by atoms with Gasteiger partial charge >= 0.3 is 11.9 Å². The quantitative estimate of drug-likeness (QED) is 0.225. The molecule has 2 rings (SSSR count). The zero-order valence-corrected chi connectivity index (χ0v) is 25.1. The van der Waals surface area contributed by atoms with Gasteiger partial charge in [0.05, 0.1) is 10.8 Å². The van der Waals surface area contributed by atoms with E-state index in [1.54, 1.807) is 27.7 Å². The minimum absolute atomic E-state index is 0.00791. The Morgan fingerprint density at radius 3 is 1.19 bits per heavy atom. The molecule has 0 aromatic heterocycles. The lowest BCUT2D eigenvalue weighted by Crippen LogP contribution is -2.40. The number of esters is 2. The van der Waals surface area contributed by atoms with E-state index in [1.165, 1.54) is 24.3 Å². The van der Waals surface area contributed by atoms with E-state index in [1.807, 2.05) is 13.8 Å². The van der Waals surface area contributed by atoms with Crippen LogP contribution < -0.4 is 11.5 Å². The molecule has 8 nitrogen and oxygen atoms in total. The highest BCUT2D eigenvalue weighted by molar-refractivity contribution is 6.29. The van der Waals surface area contributed by atoms with Gasteiger partial charge in [0, 0.05) is 24.9 Å². The number of benzene rings is 2. The summed E-state index contributed by atoms with van der Waals surface area (Å²) < 4.78 is 38.6. The van der Waals surface area contributed by atoms with E-state index >= 15 is 0 Å². The molecule has 2 aromatic carbocycles. The predicted molar refractivity (Wildman–Crippen MR) is 154 cm³/mol. The molecule has 0 spiro atoms. The summed E-state index contributed by atoms with van der Waals surface area (Å²) in [6, 6.07) is 9.15. The highest BCUT2D eigenvalue weighted by atomic mass is 19.1. The Hall–Kier alpha value is -3.50. The SMILES string of the molecule is CCC(N)CC(=O)C(C)(C)C(OC(=O)C(=O)OC(c1ccc(F)cc1)C(C)(C)C(=O)CC(N)CC)c1ccc(F)cc1. The van der Waals surface area contributed by atoms with Crippen LogP contribution in [-0.4, -0.2) is 35.6 Å². The van der Waals surface area contributed by atoms with E-state index in [2.05, 4.69) is 0 Å². The third-order valence-corrected chi connectivity index (χ3v) is 7.65. The number of carbonyl (C=O) groups is 4. The monoisotopic (exact) mass is 588 g/mol. The molecular weight excluding hydrogens is 546 g/mol. The maximum atomic E-state index is 13.7. The molecule has 4 atom stereocenters. The highest BCUT2D eigenvalue weighted by Crippen LogP contribution is 2.41. The number of hydrogen-bond donors (Lipinski definition) is 2. The number of rotatable bonds is 14. The van der Waals surface area contributed by atoms with Crippen molar-refractivity contribution in [2.45, 2.75) is 91.5 Å². The topological polar surface area (TPSA) is 139 Å². The smallest absolute Gasteiger partial charge is 0.418 e. The van der Waals surface area contributed by atoms with Crippen LogP contribution in [0.3, 0.4) is 0 Å². The molecule has 0 radical (unpaired) electrons. The summed E-state index contributed by atoms with van der Waals surface area (Å²) >= 11 is 0. The second-order valence-electron chi connectivity index (χ2n) is 11.7. The van der Waals surface area contributed by atoms with Crippen molar-refractivity contribution >= 4 is 23.5 Å². The molecule has 0 aliphatic carbocycles. The van der Waals surface area contributed by atoms with Crippen molar-refractivity contribution in [3.8, 4) is 0 Å². The second kappa shape index (κ2) is 14.6. The van der Waals surface area contributed by atoms with Gasteiger partial charge in [-0.25, -0.2) is 18.4 Å². The summed E-state index contributed by atoms with van der Waals surface area (Å²) in [7, 11) is 0. The number of ether oxygens (including phenoxy) is 2. The summed E-state index contributed by atoms with van der Waals surface area (Å²) in [5.74, 6) is -4.59. The van der Waals surface area contributed by atoms with Crippen LogP contribution in [0.1, 0.15) is 90.6 Å². The van der Waals surface area contributed by atoms with Crippen LogP contribution in [0.4, 0.5) is 8.78 Å². The van der Waals surface area contributed by atoms with Crippen molar-refractivity contribution in [2.75, 3.05) is 0 Å². The molecule has 0 aliphatic rings. The Morgan fingerprint density at radius 1 is 0.643 bits per heavy atom. The standard InChI is InChI=1S/C32H42F2N2O6/c1-7-23(35)17-25(37)31(3,4)27(19-9-13-21(33)14-10-19)41-29(39)30(40)42-28(20-11-15-22(34)16-12-20)32(5,6)26(38)18-24(36)8-2/h9-16,23-24,27-28H,7-8,17-18,35-36H2,1-6H3. The van der Waals surface area contributed by atoms with Crippen molar-refractivity contribution in [1.29, 1.82) is 0 Å². The number of Topliss-reactive ketones (excluding diaryl/α,β-unsaturated/α-hetero) is 2. The summed E-state index contributed by atoms with van der Waals surface area (Å²) in [5, 5.41) is 0. The first-order valence-electron chi connectivity index (χ1n) is 14.0. The van der Waals surface area contributed by atoms with E-state index in [4.69, 9.17) is 20.9 Å². The zero-order valence-electron chi connectivity index (χ0n) is 25.1. The fourth-order valence-corrected chi connectivity index (χ4v) is 4.43. The average Bonchev–Trinajstić information content (AvgIpc) is 2.94. The lowest BCUT2D eigenvalue weighted by atomic mass is 9.76. The second-order valence-corrected chi connectivity index (χ2v) is 11.7. The van der Waals surface area contributed by atoms with Gasteiger partial charge in [-0.2, -0.15) is 0 Å². The first-order valence-corrected chi connectivity index (χ1v) is 14.0. The van der Waals surface area contributed by atoms with Gasteiger partial charge in [0.25, 0.3) is 0 Å². The molecule has 0 fully saturated rings. The van der Waals surface area contributed by atoms with Crippen LogP contribution in [0.5, 0.6) is 0 Å². The van der Waals surface area contributed by atoms with Gasteiger partial charge < -0.3 is 20.9 Å². The first-order chi connectivity index (χ1) is 19.5. The predicted octanol–water partition coefficient (Wildman–Crippen LogP) is 5.28. The average molecular weight is 589 g/mol. The Balaban J connectivity index is 2.43. The third kappa shape index (κ3) is 8.75. The zero-order chi connectivity index (χ0) is 31.8. The summed E-state index contributed by atoms with van der Waals surface area (Å²) in [5.41, 5.74) is 9.82. The molecule has 0 saturated carbocycles. The Morgan fingerprint density at radius 2 is 0.929 bits per heavy atom. The van der Waals surface area contributed by atoms with Gasteiger partial charge in [0.15, 0.2) is 0 Å². The summed E-state index contributed by atoms with van der Waals surface area (Å²) in [4.78, 5) is 52.9. The number of hydrogen-bond acceptors (Lipinski definition) is 8. The molecule has 0 bridgehead atoms. The molecule has 0 heterocycles. The van der Waals surface area contributed by atoms with Crippen LogP contribution in [0.25, 0.3) is 0 Å². The van der Waals surface area contributed by atoms with Crippen LogP contribution in [-0.2, 0) is 28.7 Å². The van der Waals surface area contributed by atoms with Gasteiger partial charge in [-0.15, -0.1) is 0 Å². The van der Waals surface area contributed by atoms with E-state index in [0.717, 1.165) is 24.3 Å². The lowest BCUT2D eigenvalue weighted by Gasteiger charge is -2.35. The van der Waals surface area contributed by atoms with E-state index in [-0.39, 0.29) is 35.5 Å². The number of nitrogens with two attached hydrogens (primary N) is 2. The van der Waals surface area contributed by atoms with Crippen molar-refractivity contribution in [2.24, 2.45) is 22.3 Å². The molecular formula is C32H42F2N2O6. The number of ketones is 2. The van der Waals surface area contributed by atoms with E-state index in [9.17, 15) is 28.0 Å². The Bertz CT molecular complexity index is 1150. The Labute approximate surface area is 246 Å². The maximum absolute atomic E-state index is 13.7. The number of halogens is 2. The molecule has 2 aromatic rings. The fourth-order valence-electron chi connectivity index (χ4n) is 4.43. The van der Waals surface area contributed by atoms with E-state index in [0.29, 0.717) is 12.8 Å². The largest absolute Gasteiger partial charge is 0.448 e. The maximum Gasteiger partial charge on any atom is 0.418 e. The van der Waals surface area contributed by atoms with Gasteiger partial charge in [-0.05, 0) is 75.9 Å². The van der Waals surface area contributed by atoms with Crippen molar-refractivity contribution in [3.63, 3.8) is 0 Å². The Kier molecular flexibility index (Phi) is 12.1. The van der Waals surface area contributed by atoms with Crippen molar-refractivity contribution in [1.82, 2.24) is 0 Å². The van der Waals surface area contributed by atoms with Crippen LogP contribution in [0, 0.1) is 22.5 Å². The van der Waals surface area contributed by atoms with Gasteiger partial charge in [-0.3, -0.25) is 9.59 Å². The molecule has 0 saturated heterocycles.